The predicted molar refractivity (Wildman–Crippen MR) is 69.5 cm³/mol. The molecule has 0 amide bonds. The molecule has 0 aliphatic carbocycles. The van der Waals surface area contributed by atoms with E-state index >= 15 is 0 Å². The summed E-state index contributed by atoms with van der Waals surface area (Å²) in [5, 5.41) is 3.94. The Hall–Kier alpha value is -2.14. The maximum atomic E-state index is 11.8. The molecule has 0 radical (unpaired) electrons. The first-order valence-electron chi connectivity index (χ1n) is 5.92. The van der Waals surface area contributed by atoms with E-state index in [1.54, 1.807) is 25.0 Å². The van der Waals surface area contributed by atoms with Crippen molar-refractivity contribution in [1.29, 1.82) is 0 Å². The van der Waals surface area contributed by atoms with Crippen LogP contribution in [0, 0.1) is 0 Å². The quantitative estimate of drug-likeness (QED) is 0.771. The minimum Gasteiger partial charge on any atom is -0.457 e. The van der Waals surface area contributed by atoms with Crippen LogP contribution >= 0.6 is 0 Å². The number of hydrogen-bond acceptors (Lipinski definition) is 4. The first-order chi connectivity index (χ1) is 9.20. The molecule has 2 aromatic rings. The third-order valence-electron chi connectivity index (χ3n) is 2.72. The van der Waals surface area contributed by atoms with Crippen molar-refractivity contribution < 1.29 is 14.3 Å². The Morgan fingerprint density at radius 3 is 2.53 bits per heavy atom. The first-order valence-corrected chi connectivity index (χ1v) is 5.92. The molecule has 1 heterocycles. The van der Waals surface area contributed by atoms with E-state index in [0.29, 0.717) is 12.2 Å². The van der Waals surface area contributed by atoms with Gasteiger partial charge in [0.05, 0.1) is 18.4 Å². The molecule has 1 aromatic carbocycles. The zero-order chi connectivity index (χ0) is 13.7. The van der Waals surface area contributed by atoms with Crippen molar-refractivity contribution >= 4 is 5.97 Å². The van der Waals surface area contributed by atoms with E-state index in [1.807, 2.05) is 24.3 Å². The SMILES string of the molecule is COCc1ccccc1COC(=O)c1cnn(C)c1. The van der Waals surface area contributed by atoms with Gasteiger partial charge >= 0.3 is 5.97 Å². The summed E-state index contributed by atoms with van der Waals surface area (Å²) >= 11 is 0. The van der Waals surface area contributed by atoms with Crippen molar-refractivity contribution in [1.82, 2.24) is 9.78 Å². The summed E-state index contributed by atoms with van der Waals surface area (Å²) in [6, 6.07) is 7.72. The van der Waals surface area contributed by atoms with Crippen LogP contribution in [0.2, 0.25) is 0 Å². The molecule has 0 aliphatic heterocycles. The first kappa shape index (κ1) is 13.3. The number of carbonyl (C=O) groups excluding carboxylic acids is 1. The van der Waals surface area contributed by atoms with Crippen molar-refractivity contribution in [2.45, 2.75) is 13.2 Å². The summed E-state index contributed by atoms with van der Waals surface area (Å²) in [4.78, 5) is 11.8. The summed E-state index contributed by atoms with van der Waals surface area (Å²) in [6.45, 7) is 0.730. The fourth-order valence-corrected chi connectivity index (χ4v) is 1.75. The van der Waals surface area contributed by atoms with Gasteiger partial charge in [0.2, 0.25) is 0 Å². The van der Waals surface area contributed by atoms with E-state index in [0.717, 1.165) is 11.1 Å². The van der Waals surface area contributed by atoms with E-state index < -0.39 is 0 Å². The summed E-state index contributed by atoms with van der Waals surface area (Å²) in [5.74, 6) is -0.375. The standard InChI is InChI=1S/C14H16N2O3/c1-16-8-13(7-15-16)14(17)19-10-12-6-4-3-5-11(12)9-18-2/h3-8H,9-10H2,1-2H3. The van der Waals surface area contributed by atoms with Gasteiger partial charge in [-0.2, -0.15) is 5.10 Å². The molecular weight excluding hydrogens is 244 g/mol. The average molecular weight is 260 g/mol. The summed E-state index contributed by atoms with van der Waals surface area (Å²) in [7, 11) is 3.39. The number of esters is 1. The van der Waals surface area contributed by atoms with Gasteiger partial charge in [0.15, 0.2) is 0 Å². The molecule has 0 bridgehead atoms. The largest absolute Gasteiger partial charge is 0.457 e. The van der Waals surface area contributed by atoms with E-state index in [1.165, 1.54) is 6.20 Å². The van der Waals surface area contributed by atoms with Crippen LogP contribution in [0.4, 0.5) is 0 Å². The summed E-state index contributed by atoms with van der Waals surface area (Å²) < 4.78 is 11.9. The predicted octanol–water partition coefficient (Wildman–Crippen LogP) is 1.92. The van der Waals surface area contributed by atoms with Crippen LogP contribution in [-0.2, 0) is 29.7 Å². The number of benzene rings is 1. The Morgan fingerprint density at radius 1 is 1.26 bits per heavy atom. The molecule has 19 heavy (non-hydrogen) atoms. The van der Waals surface area contributed by atoms with Gasteiger partial charge in [-0.25, -0.2) is 4.79 Å². The van der Waals surface area contributed by atoms with Gasteiger partial charge in [0.25, 0.3) is 0 Å². The maximum Gasteiger partial charge on any atom is 0.341 e. The third-order valence-corrected chi connectivity index (χ3v) is 2.72. The number of hydrogen-bond donors (Lipinski definition) is 0. The number of rotatable bonds is 5. The monoisotopic (exact) mass is 260 g/mol. The van der Waals surface area contributed by atoms with Crippen molar-refractivity contribution in [3.63, 3.8) is 0 Å². The van der Waals surface area contributed by atoms with Crippen LogP contribution in [0.15, 0.2) is 36.7 Å². The van der Waals surface area contributed by atoms with E-state index in [9.17, 15) is 4.79 Å². The van der Waals surface area contributed by atoms with Gasteiger partial charge in [0, 0.05) is 20.4 Å². The lowest BCUT2D eigenvalue weighted by molar-refractivity contribution is 0.0469. The minimum absolute atomic E-state index is 0.229. The number of ether oxygens (including phenoxy) is 2. The van der Waals surface area contributed by atoms with Gasteiger partial charge in [-0.15, -0.1) is 0 Å². The third kappa shape index (κ3) is 3.42. The zero-order valence-electron chi connectivity index (χ0n) is 11.0. The molecule has 0 aliphatic rings. The molecule has 0 saturated heterocycles. The highest BCUT2D eigenvalue weighted by Gasteiger charge is 2.10. The van der Waals surface area contributed by atoms with Crippen LogP contribution < -0.4 is 0 Å². The lowest BCUT2D eigenvalue weighted by Gasteiger charge is -2.08. The van der Waals surface area contributed by atoms with Crippen molar-refractivity contribution in [2.75, 3.05) is 7.11 Å². The zero-order valence-corrected chi connectivity index (χ0v) is 11.0. The molecule has 5 heteroatoms. The summed E-state index contributed by atoms with van der Waals surface area (Å²) in [5.41, 5.74) is 2.41. The van der Waals surface area contributed by atoms with Crippen molar-refractivity contribution in [3.05, 3.63) is 53.3 Å². The molecule has 0 spiro atoms. The van der Waals surface area contributed by atoms with Gasteiger partial charge in [0.1, 0.15) is 6.61 Å². The van der Waals surface area contributed by atoms with E-state index in [2.05, 4.69) is 5.10 Å². The molecule has 0 fully saturated rings. The average Bonchev–Trinajstić information content (AvgIpc) is 2.84. The Labute approximate surface area is 111 Å². The lowest BCUT2D eigenvalue weighted by Crippen LogP contribution is -2.06. The molecule has 1 aromatic heterocycles. The lowest BCUT2D eigenvalue weighted by atomic mass is 10.1. The van der Waals surface area contributed by atoms with Crippen LogP contribution in [0.3, 0.4) is 0 Å². The minimum atomic E-state index is -0.375. The van der Waals surface area contributed by atoms with Gasteiger partial charge in [-0.05, 0) is 11.1 Å². The number of aryl methyl sites for hydroxylation is 1. The highest BCUT2D eigenvalue weighted by atomic mass is 16.5. The van der Waals surface area contributed by atoms with Gasteiger partial charge < -0.3 is 9.47 Å². The molecule has 100 valence electrons. The normalized spacial score (nSPS) is 10.4. The molecular formula is C14H16N2O3. The Kier molecular flexibility index (Phi) is 4.30. The van der Waals surface area contributed by atoms with Gasteiger partial charge in [-0.1, -0.05) is 24.3 Å². The number of aromatic nitrogens is 2. The maximum absolute atomic E-state index is 11.8. The molecule has 0 saturated carbocycles. The van der Waals surface area contributed by atoms with E-state index in [-0.39, 0.29) is 12.6 Å². The highest BCUT2D eigenvalue weighted by molar-refractivity contribution is 5.88. The summed E-state index contributed by atoms with van der Waals surface area (Å²) in [6.07, 6.45) is 3.12. The number of nitrogens with zero attached hydrogens (tertiary/aromatic N) is 2. The second-order valence-electron chi connectivity index (χ2n) is 4.18. The Bertz CT molecular complexity index is 563. The van der Waals surface area contributed by atoms with Crippen LogP contribution in [0.5, 0.6) is 0 Å². The number of carbonyl (C=O) groups is 1. The Morgan fingerprint density at radius 2 is 1.95 bits per heavy atom. The fraction of sp³-hybridized carbons (Fsp3) is 0.286. The molecule has 0 atom stereocenters. The van der Waals surface area contributed by atoms with Crippen LogP contribution in [0.1, 0.15) is 21.5 Å². The topological polar surface area (TPSA) is 53.4 Å². The number of methoxy groups -OCH3 is 1. The second kappa shape index (κ2) is 6.15. The van der Waals surface area contributed by atoms with Crippen molar-refractivity contribution in [3.8, 4) is 0 Å². The molecule has 2 rings (SSSR count). The van der Waals surface area contributed by atoms with Crippen LogP contribution in [0.25, 0.3) is 0 Å². The molecule has 5 nitrogen and oxygen atoms in total. The van der Waals surface area contributed by atoms with E-state index in [4.69, 9.17) is 9.47 Å². The second-order valence-corrected chi connectivity index (χ2v) is 4.18. The molecule has 0 unspecified atom stereocenters. The van der Waals surface area contributed by atoms with Gasteiger partial charge in [-0.3, -0.25) is 4.68 Å². The fourth-order valence-electron chi connectivity index (χ4n) is 1.75. The molecule has 0 N–H and O–H groups in total. The highest BCUT2D eigenvalue weighted by Crippen LogP contribution is 2.12. The smallest absolute Gasteiger partial charge is 0.341 e. The Balaban J connectivity index is 2.00. The van der Waals surface area contributed by atoms with Crippen LogP contribution in [-0.4, -0.2) is 22.9 Å². The van der Waals surface area contributed by atoms with Crippen molar-refractivity contribution in [2.24, 2.45) is 7.05 Å².